The Morgan fingerprint density at radius 1 is 1.20 bits per heavy atom. The van der Waals surface area contributed by atoms with Crippen LogP contribution in [0, 0.1) is 0 Å². The number of hydrogen-bond acceptors (Lipinski definition) is 5. The zero-order chi connectivity index (χ0) is 19.8. The van der Waals surface area contributed by atoms with E-state index in [1.165, 1.54) is 24.3 Å². The third kappa shape index (κ3) is 8.87. The minimum absolute atomic E-state index is 0.0702. The number of amides is 1. The van der Waals surface area contributed by atoms with Crippen molar-refractivity contribution in [1.29, 1.82) is 0 Å². The van der Waals surface area contributed by atoms with E-state index in [9.17, 15) is 22.7 Å². The van der Waals surface area contributed by atoms with Crippen LogP contribution in [-0.2, 0) is 14.6 Å². The van der Waals surface area contributed by atoms with Crippen molar-refractivity contribution in [3.05, 3.63) is 29.8 Å². The van der Waals surface area contributed by atoms with Gasteiger partial charge in [-0.05, 0) is 17.7 Å². The maximum absolute atomic E-state index is 12.9. The molecule has 4 N–H and O–H groups in total. The smallest absolute Gasteiger partial charge is 0.450 e. The summed E-state index contributed by atoms with van der Waals surface area (Å²) in [5.41, 5.74) is 0.256. The van der Waals surface area contributed by atoms with Crippen molar-refractivity contribution in [2.24, 2.45) is 0 Å². The molecule has 0 heterocycles. The number of hydrogen-bond donors (Lipinski definition) is 4. The quantitative estimate of drug-likeness (QED) is 0.513. The van der Waals surface area contributed by atoms with E-state index in [1.54, 1.807) is 0 Å². The van der Waals surface area contributed by atoms with Gasteiger partial charge >= 0.3 is 6.16 Å². The predicted molar refractivity (Wildman–Crippen MR) is 88.6 cm³/mol. The average molecular weight is 420 g/mol. The summed E-state index contributed by atoms with van der Waals surface area (Å²) in [4.78, 5) is 18.6. The standard InChI is InChI=1S/C12H14Cl2FNO4S.CH2O3/c1-21(19,20)8-4-2-7(3-5-8)10(17)9(6-15)16-12(18)11(13)14;2-1(3)4/h2-5,9-11,17H,6H2,1H3,(H,16,18);(H2,2,3,4)/t9-,10-;/m1./s1. The van der Waals surface area contributed by atoms with Gasteiger partial charge in [0, 0.05) is 6.26 Å². The van der Waals surface area contributed by atoms with Crippen molar-refractivity contribution in [3.8, 4) is 0 Å². The summed E-state index contributed by atoms with van der Waals surface area (Å²) >= 11 is 10.7. The van der Waals surface area contributed by atoms with Crippen LogP contribution in [-0.4, -0.2) is 59.6 Å². The second-order valence-electron chi connectivity index (χ2n) is 4.64. The summed E-state index contributed by atoms with van der Waals surface area (Å²) in [5, 5.41) is 26.1. The minimum atomic E-state index is -3.36. The summed E-state index contributed by atoms with van der Waals surface area (Å²) in [6, 6.07) is 4.03. The highest BCUT2D eigenvalue weighted by Gasteiger charge is 2.25. The number of rotatable bonds is 6. The number of alkyl halides is 3. The molecular weight excluding hydrogens is 404 g/mol. The van der Waals surface area contributed by atoms with Gasteiger partial charge in [0.1, 0.15) is 12.8 Å². The molecule has 0 radical (unpaired) electrons. The Labute approximate surface area is 153 Å². The second kappa shape index (κ2) is 10.4. The van der Waals surface area contributed by atoms with Crippen LogP contribution >= 0.6 is 23.2 Å². The summed E-state index contributed by atoms with van der Waals surface area (Å²) < 4.78 is 35.6. The largest absolute Gasteiger partial charge is 0.503 e. The van der Waals surface area contributed by atoms with E-state index in [2.05, 4.69) is 5.32 Å². The van der Waals surface area contributed by atoms with Crippen molar-refractivity contribution in [1.82, 2.24) is 5.32 Å². The number of nitrogens with one attached hydrogen (secondary N) is 1. The van der Waals surface area contributed by atoms with Gasteiger partial charge in [-0.3, -0.25) is 4.79 Å². The van der Waals surface area contributed by atoms with Gasteiger partial charge in [0.25, 0.3) is 5.91 Å². The van der Waals surface area contributed by atoms with Crippen molar-refractivity contribution in [2.45, 2.75) is 21.9 Å². The fourth-order valence-electron chi connectivity index (χ4n) is 1.59. The molecule has 1 rings (SSSR count). The van der Waals surface area contributed by atoms with Crippen LogP contribution in [0.1, 0.15) is 11.7 Å². The lowest BCUT2D eigenvalue weighted by Gasteiger charge is -2.22. The van der Waals surface area contributed by atoms with Gasteiger partial charge in [0.15, 0.2) is 14.7 Å². The van der Waals surface area contributed by atoms with E-state index in [0.29, 0.717) is 0 Å². The predicted octanol–water partition coefficient (Wildman–Crippen LogP) is 1.60. The Hall–Kier alpha value is -1.62. The molecular formula is C13H16Cl2FNO7S. The van der Waals surface area contributed by atoms with Gasteiger partial charge in [-0.2, -0.15) is 0 Å². The number of carbonyl (C=O) groups excluding carboxylic acids is 1. The van der Waals surface area contributed by atoms with E-state index in [4.69, 9.17) is 38.2 Å². The Morgan fingerprint density at radius 3 is 1.96 bits per heavy atom. The molecule has 25 heavy (non-hydrogen) atoms. The number of benzene rings is 1. The number of aliphatic hydroxyl groups is 1. The van der Waals surface area contributed by atoms with Crippen molar-refractivity contribution in [3.63, 3.8) is 0 Å². The van der Waals surface area contributed by atoms with E-state index in [1.807, 2.05) is 0 Å². The second-order valence-corrected chi connectivity index (χ2v) is 7.75. The molecule has 0 fully saturated rings. The number of halogens is 3. The van der Waals surface area contributed by atoms with Crippen LogP contribution in [0.4, 0.5) is 9.18 Å². The van der Waals surface area contributed by atoms with E-state index in [0.717, 1.165) is 6.26 Å². The molecule has 1 amide bonds. The monoisotopic (exact) mass is 419 g/mol. The van der Waals surface area contributed by atoms with E-state index < -0.39 is 45.6 Å². The van der Waals surface area contributed by atoms with E-state index in [-0.39, 0.29) is 10.5 Å². The van der Waals surface area contributed by atoms with Gasteiger partial charge in [-0.25, -0.2) is 17.6 Å². The number of sulfone groups is 1. The van der Waals surface area contributed by atoms with Gasteiger partial charge in [0.05, 0.1) is 10.9 Å². The first kappa shape index (κ1) is 23.4. The SMILES string of the molecule is CS(=O)(=O)c1ccc([C@@H](O)[C@@H](CF)NC(=O)C(Cl)Cl)cc1.O=C(O)O. The van der Waals surface area contributed by atoms with Gasteiger partial charge in [0.2, 0.25) is 0 Å². The molecule has 0 aromatic heterocycles. The molecule has 0 aliphatic carbocycles. The fraction of sp³-hybridized carbons (Fsp3) is 0.385. The highest BCUT2D eigenvalue weighted by Crippen LogP contribution is 2.20. The third-order valence-electron chi connectivity index (χ3n) is 2.72. The molecule has 0 bridgehead atoms. The van der Waals surface area contributed by atoms with Gasteiger partial charge < -0.3 is 20.6 Å². The summed E-state index contributed by atoms with van der Waals surface area (Å²) in [6.07, 6.45) is -2.15. The fourth-order valence-corrected chi connectivity index (χ4v) is 2.35. The van der Waals surface area contributed by atoms with Gasteiger partial charge in [-0.1, -0.05) is 35.3 Å². The molecule has 0 saturated carbocycles. The Morgan fingerprint density at radius 2 is 1.64 bits per heavy atom. The number of aliphatic hydroxyl groups excluding tert-OH is 1. The summed E-state index contributed by atoms with van der Waals surface area (Å²) in [7, 11) is -3.36. The average Bonchev–Trinajstić information content (AvgIpc) is 2.50. The van der Waals surface area contributed by atoms with Crippen LogP contribution in [0.3, 0.4) is 0 Å². The van der Waals surface area contributed by atoms with Crippen molar-refractivity contribution >= 4 is 45.1 Å². The molecule has 2 atom stereocenters. The summed E-state index contributed by atoms with van der Waals surface area (Å²) in [6.45, 7) is -1.04. The van der Waals surface area contributed by atoms with Crippen LogP contribution in [0.5, 0.6) is 0 Å². The minimum Gasteiger partial charge on any atom is -0.450 e. The maximum Gasteiger partial charge on any atom is 0.503 e. The summed E-state index contributed by atoms with van der Waals surface area (Å²) in [5.74, 6) is -0.826. The molecule has 12 heteroatoms. The Balaban J connectivity index is 0.00000129. The van der Waals surface area contributed by atoms with Crippen LogP contribution < -0.4 is 5.32 Å². The first-order valence-corrected chi connectivity index (χ1v) is 9.21. The lowest BCUT2D eigenvalue weighted by atomic mass is 10.0. The first-order valence-electron chi connectivity index (χ1n) is 6.44. The maximum atomic E-state index is 12.9. The van der Waals surface area contributed by atoms with Crippen molar-refractivity contribution < 1.29 is 37.7 Å². The lowest BCUT2D eigenvalue weighted by molar-refractivity contribution is -0.121. The number of carboxylic acid groups (broad SMARTS) is 2. The zero-order valence-corrected chi connectivity index (χ0v) is 15.1. The van der Waals surface area contributed by atoms with E-state index >= 15 is 0 Å². The molecule has 8 nitrogen and oxygen atoms in total. The molecule has 142 valence electrons. The zero-order valence-electron chi connectivity index (χ0n) is 12.8. The van der Waals surface area contributed by atoms with Crippen LogP contribution in [0.2, 0.25) is 0 Å². The highest BCUT2D eigenvalue weighted by atomic mass is 35.5. The van der Waals surface area contributed by atoms with Crippen molar-refractivity contribution in [2.75, 3.05) is 12.9 Å². The number of carbonyl (C=O) groups is 2. The van der Waals surface area contributed by atoms with Gasteiger partial charge in [-0.15, -0.1) is 0 Å². The molecule has 1 aromatic carbocycles. The lowest BCUT2D eigenvalue weighted by Crippen LogP contribution is -2.43. The first-order chi connectivity index (χ1) is 11.4. The molecule has 0 aliphatic heterocycles. The molecule has 0 aliphatic rings. The molecule has 0 saturated heterocycles. The Bertz CT molecular complexity index is 678. The topological polar surface area (TPSA) is 141 Å². The molecule has 0 unspecified atom stereocenters. The molecule has 0 spiro atoms. The van der Waals surface area contributed by atoms with Crippen LogP contribution in [0.25, 0.3) is 0 Å². The normalized spacial score (nSPS) is 13.4. The van der Waals surface area contributed by atoms with Crippen LogP contribution in [0.15, 0.2) is 29.2 Å². The highest BCUT2D eigenvalue weighted by molar-refractivity contribution is 7.90. The molecule has 1 aromatic rings. The third-order valence-corrected chi connectivity index (χ3v) is 4.25. The Kier molecular flexibility index (Phi) is 9.72.